The quantitative estimate of drug-likeness (QED) is 0.559. The average Bonchev–Trinajstić information content (AvgIpc) is 2.03. The Balaban J connectivity index is 2.32. The fraction of sp³-hybridized carbons (Fsp3) is 0.400. The number of allylic oxidation sites excluding steroid dienone is 3. The van der Waals surface area contributed by atoms with Gasteiger partial charge in [-0.1, -0.05) is 17.7 Å². The molecule has 1 atom stereocenters. The smallest absolute Gasteiger partial charge is 0.0750 e. The van der Waals surface area contributed by atoms with E-state index in [1.165, 1.54) is 16.7 Å². The Bertz CT molecular complexity index is 284. The standard InChI is InChI=1S/C10H14N2/c1-7-2-3-8-6-12-10(11)5-9(8)4-7/h3-5,10,12H,2,6,11H2,1H3. The molecule has 0 aromatic carbocycles. The fourth-order valence-corrected chi connectivity index (χ4v) is 1.63. The maximum atomic E-state index is 5.74. The molecule has 0 bridgehead atoms. The maximum absolute atomic E-state index is 5.74. The lowest BCUT2D eigenvalue weighted by Crippen LogP contribution is -2.40. The predicted octanol–water partition coefficient (Wildman–Crippen LogP) is 1.08. The lowest BCUT2D eigenvalue weighted by atomic mass is 9.92. The van der Waals surface area contributed by atoms with Crippen molar-refractivity contribution in [3.05, 3.63) is 34.9 Å². The summed E-state index contributed by atoms with van der Waals surface area (Å²) in [6, 6.07) is 0. The molecule has 0 aromatic heterocycles. The molecule has 1 aliphatic carbocycles. The molecule has 1 aliphatic heterocycles. The molecule has 64 valence electrons. The highest BCUT2D eigenvalue weighted by atomic mass is 15.0. The van der Waals surface area contributed by atoms with E-state index in [-0.39, 0.29) is 6.17 Å². The van der Waals surface area contributed by atoms with E-state index in [2.05, 4.69) is 30.5 Å². The van der Waals surface area contributed by atoms with Crippen LogP contribution in [-0.2, 0) is 0 Å². The first kappa shape index (κ1) is 7.77. The van der Waals surface area contributed by atoms with Gasteiger partial charge in [0, 0.05) is 6.54 Å². The molecule has 2 aliphatic rings. The van der Waals surface area contributed by atoms with Crippen molar-refractivity contribution < 1.29 is 0 Å². The zero-order chi connectivity index (χ0) is 8.55. The van der Waals surface area contributed by atoms with E-state index >= 15 is 0 Å². The summed E-state index contributed by atoms with van der Waals surface area (Å²) < 4.78 is 0. The highest BCUT2D eigenvalue weighted by Crippen LogP contribution is 2.23. The highest BCUT2D eigenvalue weighted by molar-refractivity contribution is 5.48. The van der Waals surface area contributed by atoms with Crippen molar-refractivity contribution in [1.82, 2.24) is 5.32 Å². The van der Waals surface area contributed by atoms with E-state index in [0.29, 0.717) is 0 Å². The summed E-state index contributed by atoms with van der Waals surface area (Å²) in [4.78, 5) is 0. The molecule has 1 heterocycles. The van der Waals surface area contributed by atoms with Crippen LogP contribution in [0.4, 0.5) is 0 Å². The van der Waals surface area contributed by atoms with Crippen molar-refractivity contribution in [3.63, 3.8) is 0 Å². The van der Waals surface area contributed by atoms with Crippen LogP contribution < -0.4 is 11.1 Å². The SMILES string of the molecule is CC1=CC2=CC(N)NCC2=CC1. The Morgan fingerprint density at radius 3 is 3.25 bits per heavy atom. The third-order valence-corrected chi connectivity index (χ3v) is 2.33. The monoisotopic (exact) mass is 162 g/mol. The van der Waals surface area contributed by atoms with Gasteiger partial charge in [0.05, 0.1) is 6.17 Å². The summed E-state index contributed by atoms with van der Waals surface area (Å²) in [5, 5.41) is 3.20. The average molecular weight is 162 g/mol. The Labute approximate surface area is 72.8 Å². The fourth-order valence-electron chi connectivity index (χ4n) is 1.63. The van der Waals surface area contributed by atoms with Crippen molar-refractivity contribution in [2.45, 2.75) is 19.5 Å². The molecular formula is C10H14N2. The van der Waals surface area contributed by atoms with E-state index in [4.69, 9.17) is 5.73 Å². The molecule has 3 N–H and O–H groups in total. The Morgan fingerprint density at radius 2 is 2.42 bits per heavy atom. The highest BCUT2D eigenvalue weighted by Gasteiger charge is 2.14. The van der Waals surface area contributed by atoms with Gasteiger partial charge in [-0.15, -0.1) is 0 Å². The van der Waals surface area contributed by atoms with E-state index in [1.54, 1.807) is 0 Å². The molecule has 0 radical (unpaired) electrons. The summed E-state index contributed by atoms with van der Waals surface area (Å²) in [7, 11) is 0. The predicted molar refractivity (Wildman–Crippen MR) is 50.5 cm³/mol. The van der Waals surface area contributed by atoms with Crippen LogP contribution in [0.15, 0.2) is 34.9 Å². The van der Waals surface area contributed by atoms with Gasteiger partial charge in [-0.05, 0) is 30.6 Å². The summed E-state index contributed by atoms with van der Waals surface area (Å²) in [6.07, 6.45) is 7.71. The summed E-state index contributed by atoms with van der Waals surface area (Å²) >= 11 is 0. The minimum atomic E-state index is 0.0271. The summed E-state index contributed by atoms with van der Waals surface area (Å²) in [6.45, 7) is 3.07. The molecule has 1 unspecified atom stereocenters. The topological polar surface area (TPSA) is 38.0 Å². The van der Waals surface area contributed by atoms with Gasteiger partial charge in [0.15, 0.2) is 0 Å². The second-order valence-electron chi connectivity index (χ2n) is 3.45. The van der Waals surface area contributed by atoms with Crippen LogP contribution >= 0.6 is 0 Å². The first-order chi connectivity index (χ1) is 5.75. The summed E-state index contributed by atoms with van der Waals surface area (Å²) in [5.74, 6) is 0. The van der Waals surface area contributed by atoms with Crippen molar-refractivity contribution in [2.24, 2.45) is 5.73 Å². The number of fused-ring (bicyclic) bond motifs is 1. The van der Waals surface area contributed by atoms with Crippen molar-refractivity contribution >= 4 is 0 Å². The normalized spacial score (nSPS) is 28.5. The van der Waals surface area contributed by atoms with Gasteiger partial charge in [-0.25, -0.2) is 0 Å². The van der Waals surface area contributed by atoms with Gasteiger partial charge in [0.1, 0.15) is 0 Å². The third kappa shape index (κ3) is 1.36. The minimum absolute atomic E-state index is 0.0271. The van der Waals surface area contributed by atoms with E-state index in [1.807, 2.05) is 0 Å². The third-order valence-electron chi connectivity index (χ3n) is 2.33. The molecule has 2 heteroatoms. The van der Waals surface area contributed by atoms with Crippen LogP contribution in [0.1, 0.15) is 13.3 Å². The molecule has 2 nitrogen and oxygen atoms in total. The molecule has 0 amide bonds. The van der Waals surface area contributed by atoms with Crippen LogP contribution in [0.2, 0.25) is 0 Å². The molecule has 0 spiro atoms. The zero-order valence-corrected chi connectivity index (χ0v) is 7.30. The van der Waals surface area contributed by atoms with Crippen LogP contribution in [0, 0.1) is 0 Å². The molecular weight excluding hydrogens is 148 g/mol. The van der Waals surface area contributed by atoms with Crippen LogP contribution in [0.25, 0.3) is 0 Å². The number of hydrogen-bond acceptors (Lipinski definition) is 2. The number of hydrogen-bond donors (Lipinski definition) is 2. The minimum Gasteiger partial charge on any atom is -0.313 e. The molecule has 12 heavy (non-hydrogen) atoms. The van der Waals surface area contributed by atoms with E-state index < -0.39 is 0 Å². The van der Waals surface area contributed by atoms with Crippen molar-refractivity contribution in [1.29, 1.82) is 0 Å². The molecule has 2 rings (SSSR count). The number of nitrogens with two attached hydrogens (primary N) is 1. The Hall–Kier alpha value is -0.860. The van der Waals surface area contributed by atoms with Crippen LogP contribution in [-0.4, -0.2) is 12.7 Å². The molecule has 0 fully saturated rings. The zero-order valence-electron chi connectivity index (χ0n) is 7.30. The maximum Gasteiger partial charge on any atom is 0.0750 e. The molecule has 0 aromatic rings. The lowest BCUT2D eigenvalue weighted by Gasteiger charge is -2.23. The Morgan fingerprint density at radius 1 is 1.58 bits per heavy atom. The van der Waals surface area contributed by atoms with Crippen LogP contribution in [0.3, 0.4) is 0 Å². The Kier molecular flexibility index (Phi) is 1.87. The first-order valence-corrected chi connectivity index (χ1v) is 4.33. The van der Waals surface area contributed by atoms with Gasteiger partial charge < -0.3 is 5.73 Å². The van der Waals surface area contributed by atoms with Gasteiger partial charge in [0.2, 0.25) is 0 Å². The van der Waals surface area contributed by atoms with Crippen molar-refractivity contribution in [3.8, 4) is 0 Å². The van der Waals surface area contributed by atoms with Gasteiger partial charge in [-0.3, -0.25) is 5.32 Å². The summed E-state index contributed by atoms with van der Waals surface area (Å²) in [5.41, 5.74) is 9.86. The van der Waals surface area contributed by atoms with Gasteiger partial charge in [-0.2, -0.15) is 0 Å². The molecule has 0 saturated carbocycles. The van der Waals surface area contributed by atoms with Gasteiger partial charge >= 0.3 is 0 Å². The van der Waals surface area contributed by atoms with Crippen LogP contribution in [0.5, 0.6) is 0 Å². The second kappa shape index (κ2) is 2.88. The molecule has 0 saturated heterocycles. The van der Waals surface area contributed by atoms with E-state index in [9.17, 15) is 0 Å². The lowest BCUT2D eigenvalue weighted by molar-refractivity contribution is 0.627. The van der Waals surface area contributed by atoms with Gasteiger partial charge in [0.25, 0.3) is 0 Å². The number of rotatable bonds is 0. The van der Waals surface area contributed by atoms with E-state index in [0.717, 1.165) is 13.0 Å². The van der Waals surface area contributed by atoms with Crippen molar-refractivity contribution in [2.75, 3.05) is 6.54 Å². The second-order valence-corrected chi connectivity index (χ2v) is 3.45. The number of nitrogens with one attached hydrogen (secondary N) is 1. The largest absolute Gasteiger partial charge is 0.313 e. The first-order valence-electron chi connectivity index (χ1n) is 4.33.